The number of aromatic carboxylic acids is 1. The van der Waals surface area contributed by atoms with E-state index in [2.05, 4.69) is 15.0 Å². The van der Waals surface area contributed by atoms with Gasteiger partial charge in [0.15, 0.2) is 17.8 Å². The summed E-state index contributed by atoms with van der Waals surface area (Å²) in [6.45, 7) is 7.61. The van der Waals surface area contributed by atoms with Crippen LogP contribution in [0.1, 0.15) is 42.8 Å². The van der Waals surface area contributed by atoms with Crippen molar-refractivity contribution in [3.8, 4) is 11.5 Å². The van der Waals surface area contributed by atoms with Crippen molar-refractivity contribution >= 4 is 5.97 Å². The van der Waals surface area contributed by atoms with Gasteiger partial charge in [0, 0.05) is 5.41 Å². The van der Waals surface area contributed by atoms with Gasteiger partial charge in [-0.3, -0.25) is 0 Å². The number of carboxylic acid groups (broad SMARTS) is 1. The molecule has 18 heavy (non-hydrogen) atoms. The minimum absolute atomic E-state index is 0.0419. The smallest absolute Gasteiger partial charge is 0.356 e. The summed E-state index contributed by atoms with van der Waals surface area (Å²) in [6, 6.07) is 0. The van der Waals surface area contributed by atoms with Gasteiger partial charge in [-0.05, 0) is 6.92 Å². The Hall–Kier alpha value is -2.11. The number of oxazole rings is 1. The predicted molar refractivity (Wildman–Crippen MR) is 64.5 cm³/mol. The predicted octanol–water partition coefficient (Wildman–Crippen LogP) is 2.37. The van der Waals surface area contributed by atoms with Crippen LogP contribution in [0.5, 0.6) is 0 Å². The van der Waals surface area contributed by atoms with Gasteiger partial charge in [0.2, 0.25) is 0 Å². The van der Waals surface area contributed by atoms with E-state index in [4.69, 9.17) is 4.42 Å². The number of rotatable bonds is 2. The first kappa shape index (κ1) is 12.3. The van der Waals surface area contributed by atoms with E-state index in [9.17, 15) is 9.90 Å². The average molecular weight is 249 g/mol. The van der Waals surface area contributed by atoms with Gasteiger partial charge in [0.1, 0.15) is 11.5 Å². The van der Waals surface area contributed by atoms with Crippen LogP contribution in [0.2, 0.25) is 0 Å². The number of hydrogen-bond donors (Lipinski definition) is 2. The second-order valence-corrected chi connectivity index (χ2v) is 5.13. The molecule has 0 unspecified atom stereocenters. The number of hydrogen-bond acceptors (Lipinski definition) is 4. The van der Waals surface area contributed by atoms with Crippen molar-refractivity contribution in [2.75, 3.05) is 0 Å². The summed E-state index contributed by atoms with van der Waals surface area (Å²) in [5.41, 5.74) is 0.680. The summed E-state index contributed by atoms with van der Waals surface area (Å²) in [6.07, 6.45) is 1.29. The fourth-order valence-electron chi connectivity index (χ4n) is 1.59. The summed E-state index contributed by atoms with van der Waals surface area (Å²) >= 11 is 0. The molecule has 96 valence electrons. The number of aromatic nitrogens is 3. The van der Waals surface area contributed by atoms with Gasteiger partial charge >= 0.3 is 5.97 Å². The van der Waals surface area contributed by atoms with E-state index >= 15 is 0 Å². The van der Waals surface area contributed by atoms with Crippen molar-refractivity contribution in [1.29, 1.82) is 0 Å². The van der Waals surface area contributed by atoms with Gasteiger partial charge in [-0.2, -0.15) is 0 Å². The molecular formula is C12H15N3O3. The topological polar surface area (TPSA) is 92.0 Å². The molecule has 6 nitrogen and oxygen atoms in total. The third kappa shape index (κ3) is 2.01. The number of nitrogens with zero attached hydrogens (tertiary/aromatic N) is 2. The van der Waals surface area contributed by atoms with Crippen molar-refractivity contribution in [1.82, 2.24) is 15.0 Å². The quantitative estimate of drug-likeness (QED) is 0.852. The van der Waals surface area contributed by atoms with Crippen molar-refractivity contribution in [3.05, 3.63) is 23.6 Å². The van der Waals surface area contributed by atoms with E-state index in [0.29, 0.717) is 23.0 Å². The molecule has 0 saturated heterocycles. The minimum Gasteiger partial charge on any atom is -0.476 e. The van der Waals surface area contributed by atoms with Crippen LogP contribution in [0.25, 0.3) is 11.5 Å². The van der Waals surface area contributed by atoms with E-state index in [1.165, 1.54) is 6.39 Å². The Morgan fingerprint density at radius 2 is 2.11 bits per heavy atom. The Morgan fingerprint density at radius 3 is 2.56 bits per heavy atom. The third-order valence-corrected chi connectivity index (χ3v) is 2.59. The first-order valence-electron chi connectivity index (χ1n) is 5.55. The molecule has 0 bridgehead atoms. The number of aromatic amines is 1. The van der Waals surface area contributed by atoms with E-state index < -0.39 is 5.97 Å². The molecule has 2 heterocycles. The zero-order chi connectivity index (χ0) is 13.5. The second-order valence-electron chi connectivity index (χ2n) is 5.13. The molecule has 0 fully saturated rings. The Bertz CT molecular complexity index is 590. The zero-order valence-electron chi connectivity index (χ0n) is 10.7. The average Bonchev–Trinajstić information content (AvgIpc) is 2.81. The first-order valence-corrected chi connectivity index (χ1v) is 5.55. The highest BCUT2D eigenvalue weighted by Crippen LogP contribution is 2.28. The maximum absolute atomic E-state index is 11.2. The first-order chi connectivity index (χ1) is 8.30. The Balaban J connectivity index is 2.63. The molecule has 2 aromatic heterocycles. The van der Waals surface area contributed by atoms with Crippen LogP contribution >= 0.6 is 0 Å². The fourth-order valence-corrected chi connectivity index (χ4v) is 1.59. The Labute approximate surface area is 104 Å². The molecule has 2 aromatic rings. The SMILES string of the molecule is Cc1ncoc1-c1[nH]c(C(C)(C)C)nc1C(=O)O. The van der Waals surface area contributed by atoms with Crippen molar-refractivity contribution in [3.63, 3.8) is 0 Å². The number of imidazole rings is 1. The monoisotopic (exact) mass is 249 g/mol. The lowest BCUT2D eigenvalue weighted by Gasteiger charge is -2.13. The van der Waals surface area contributed by atoms with Gasteiger partial charge in [-0.1, -0.05) is 20.8 Å². The number of H-pyrrole nitrogens is 1. The molecule has 0 aliphatic heterocycles. The molecule has 0 spiro atoms. The highest BCUT2D eigenvalue weighted by molar-refractivity contribution is 5.92. The molecule has 0 radical (unpaired) electrons. The van der Waals surface area contributed by atoms with Crippen LogP contribution in [-0.4, -0.2) is 26.0 Å². The van der Waals surface area contributed by atoms with Crippen molar-refractivity contribution < 1.29 is 14.3 Å². The lowest BCUT2D eigenvalue weighted by Crippen LogP contribution is -2.13. The van der Waals surface area contributed by atoms with Gasteiger partial charge in [0.25, 0.3) is 0 Å². The molecule has 2 N–H and O–H groups in total. The van der Waals surface area contributed by atoms with E-state index in [1.807, 2.05) is 20.8 Å². The number of carboxylic acids is 1. The Kier molecular flexibility index (Phi) is 2.73. The van der Waals surface area contributed by atoms with Gasteiger partial charge in [-0.15, -0.1) is 0 Å². The van der Waals surface area contributed by atoms with E-state index in [-0.39, 0.29) is 11.1 Å². The lowest BCUT2D eigenvalue weighted by molar-refractivity contribution is 0.0691. The second kappa shape index (κ2) is 3.97. The highest BCUT2D eigenvalue weighted by Gasteiger charge is 2.26. The van der Waals surface area contributed by atoms with Crippen LogP contribution < -0.4 is 0 Å². The molecule has 0 aliphatic carbocycles. The molecular weight excluding hydrogens is 234 g/mol. The Morgan fingerprint density at radius 1 is 1.44 bits per heavy atom. The van der Waals surface area contributed by atoms with Crippen LogP contribution in [0.15, 0.2) is 10.8 Å². The lowest BCUT2D eigenvalue weighted by atomic mass is 9.96. The van der Waals surface area contributed by atoms with Crippen LogP contribution in [0.4, 0.5) is 0 Å². The normalized spacial score (nSPS) is 11.8. The molecule has 6 heteroatoms. The highest BCUT2D eigenvalue weighted by atomic mass is 16.4. The molecule has 0 saturated carbocycles. The summed E-state index contributed by atoms with van der Waals surface area (Å²) in [5, 5.41) is 9.19. The van der Waals surface area contributed by atoms with Gasteiger partial charge in [-0.25, -0.2) is 14.8 Å². The molecule has 0 amide bonds. The third-order valence-electron chi connectivity index (χ3n) is 2.59. The largest absolute Gasteiger partial charge is 0.476 e. The summed E-state index contributed by atoms with van der Waals surface area (Å²) in [5.74, 6) is -0.0753. The summed E-state index contributed by atoms with van der Waals surface area (Å²) in [4.78, 5) is 22.3. The summed E-state index contributed by atoms with van der Waals surface area (Å²) in [7, 11) is 0. The molecule has 0 aliphatic rings. The number of aryl methyl sites for hydroxylation is 1. The van der Waals surface area contributed by atoms with Crippen LogP contribution in [0, 0.1) is 6.92 Å². The van der Waals surface area contributed by atoms with Gasteiger partial charge < -0.3 is 14.5 Å². The number of carbonyl (C=O) groups is 1. The standard InChI is InChI=1S/C12H15N3O3/c1-6-9(18-5-13-6)7-8(10(16)17)15-11(14-7)12(2,3)4/h5H,1-4H3,(H,14,15)(H,16,17). The maximum atomic E-state index is 11.2. The van der Waals surface area contributed by atoms with Crippen LogP contribution in [0.3, 0.4) is 0 Å². The number of nitrogens with one attached hydrogen (secondary N) is 1. The maximum Gasteiger partial charge on any atom is 0.356 e. The van der Waals surface area contributed by atoms with E-state index in [1.54, 1.807) is 6.92 Å². The van der Waals surface area contributed by atoms with Crippen LogP contribution in [-0.2, 0) is 5.41 Å². The molecule has 2 rings (SSSR count). The van der Waals surface area contributed by atoms with Gasteiger partial charge in [0.05, 0.1) is 5.69 Å². The van der Waals surface area contributed by atoms with E-state index in [0.717, 1.165) is 0 Å². The fraction of sp³-hybridized carbons (Fsp3) is 0.417. The minimum atomic E-state index is -1.09. The summed E-state index contributed by atoms with van der Waals surface area (Å²) < 4.78 is 5.22. The van der Waals surface area contributed by atoms with Crippen molar-refractivity contribution in [2.45, 2.75) is 33.1 Å². The molecule has 0 aromatic carbocycles. The molecule has 0 atom stereocenters. The van der Waals surface area contributed by atoms with Crippen molar-refractivity contribution in [2.24, 2.45) is 0 Å². The zero-order valence-corrected chi connectivity index (χ0v) is 10.7.